The van der Waals surface area contributed by atoms with Crippen LogP contribution in [0.2, 0.25) is 10.0 Å². The summed E-state index contributed by atoms with van der Waals surface area (Å²) in [5.74, 6) is 0. The van der Waals surface area contributed by atoms with Crippen LogP contribution in [-0.4, -0.2) is 23.1 Å². The summed E-state index contributed by atoms with van der Waals surface area (Å²) < 4.78 is 0. The molecule has 0 N–H and O–H groups in total. The summed E-state index contributed by atoms with van der Waals surface area (Å²) >= 11 is 11.0. The zero-order valence-corrected chi connectivity index (χ0v) is 9.59. The summed E-state index contributed by atoms with van der Waals surface area (Å²) in [6, 6.07) is 7.94. The van der Waals surface area contributed by atoms with Crippen molar-refractivity contribution >= 4 is 46.3 Å². The molecule has 0 aliphatic heterocycles. The van der Waals surface area contributed by atoms with E-state index in [9.17, 15) is 0 Å². The molecule has 0 unspecified atom stereocenters. The number of rotatable bonds is 0. The molecule has 4 heteroatoms. The van der Waals surface area contributed by atoms with Crippen molar-refractivity contribution < 1.29 is 17.0 Å². The summed E-state index contributed by atoms with van der Waals surface area (Å²) in [6.07, 6.45) is 0. The molecule has 0 heterocycles. The average Bonchev–Trinajstić information content (AvgIpc) is 1.64. The van der Waals surface area contributed by atoms with Crippen LogP contribution in [0.3, 0.4) is 0 Å². The molecule has 0 saturated heterocycles. The molecule has 10 heavy (non-hydrogen) atoms. The van der Waals surface area contributed by atoms with Gasteiger partial charge in [-0.1, -0.05) is 10.0 Å². The van der Waals surface area contributed by atoms with Crippen molar-refractivity contribution in [1.82, 2.24) is 0 Å². The third-order valence-corrected chi connectivity index (χ3v) is 1.16. The maximum atomic E-state index is 5.50. The van der Waals surface area contributed by atoms with Gasteiger partial charge in [0.2, 0.25) is 0 Å². The van der Waals surface area contributed by atoms with E-state index < -0.39 is 0 Å². The SMILES string of the molecule is Clc1[c-]c(Cl)ccc1.[Br-].[Mg+2]. The first-order chi connectivity index (χ1) is 3.79. The van der Waals surface area contributed by atoms with Crippen molar-refractivity contribution in [3.63, 3.8) is 0 Å². The Morgan fingerprint density at radius 3 is 1.70 bits per heavy atom. The molecule has 0 radical (unpaired) electrons. The average molecular weight is 250 g/mol. The zero-order chi connectivity index (χ0) is 5.98. The number of halogens is 3. The number of hydrogen-bond donors (Lipinski definition) is 0. The van der Waals surface area contributed by atoms with Gasteiger partial charge in [0, 0.05) is 0 Å². The van der Waals surface area contributed by atoms with Crippen LogP contribution in [0.25, 0.3) is 0 Å². The standard InChI is InChI=1S/C6H3Cl2.BrH.Mg/c7-5-2-1-3-6(8)4-5;;/h1-3H;1H;/q-1;;+2/p-1. The minimum Gasteiger partial charge on any atom is -1.00 e. The van der Waals surface area contributed by atoms with Crippen LogP contribution in [0.4, 0.5) is 0 Å². The maximum Gasteiger partial charge on any atom is 2.00 e. The second kappa shape index (κ2) is 6.74. The Labute approximate surface area is 96.8 Å². The Hall–Kier alpha value is 1.05. The zero-order valence-electron chi connectivity index (χ0n) is 5.07. The Balaban J connectivity index is 0. The molecular formula is C6H3BrCl2Mg. The predicted octanol–water partition coefficient (Wildman–Crippen LogP) is -0.583. The Morgan fingerprint density at radius 2 is 1.50 bits per heavy atom. The van der Waals surface area contributed by atoms with Gasteiger partial charge in [-0.25, -0.2) is 0 Å². The van der Waals surface area contributed by atoms with Crippen LogP contribution in [0.1, 0.15) is 0 Å². The topological polar surface area (TPSA) is 0 Å². The van der Waals surface area contributed by atoms with Crippen LogP contribution < -0.4 is 17.0 Å². The van der Waals surface area contributed by atoms with Gasteiger partial charge < -0.3 is 17.0 Å². The van der Waals surface area contributed by atoms with Crippen LogP contribution >= 0.6 is 23.2 Å². The molecule has 0 amide bonds. The van der Waals surface area contributed by atoms with Gasteiger partial charge in [0.1, 0.15) is 0 Å². The van der Waals surface area contributed by atoms with E-state index in [1.807, 2.05) is 0 Å². The molecule has 0 fully saturated rings. The first-order valence-electron chi connectivity index (χ1n) is 2.12. The van der Waals surface area contributed by atoms with Crippen molar-refractivity contribution in [1.29, 1.82) is 0 Å². The number of benzene rings is 1. The number of hydrogen-bond acceptors (Lipinski definition) is 0. The third-order valence-electron chi connectivity index (χ3n) is 0.724. The van der Waals surface area contributed by atoms with Gasteiger partial charge in [-0.3, -0.25) is 0 Å². The van der Waals surface area contributed by atoms with E-state index >= 15 is 0 Å². The fourth-order valence-electron chi connectivity index (χ4n) is 0.414. The summed E-state index contributed by atoms with van der Waals surface area (Å²) in [4.78, 5) is 0. The molecule has 0 spiro atoms. The van der Waals surface area contributed by atoms with Crippen molar-refractivity contribution in [2.24, 2.45) is 0 Å². The molecule has 0 aliphatic carbocycles. The molecular weight excluding hydrogens is 247 g/mol. The first-order valence-corrected chi connectivity index (χ1v) is 2.88. The summed E-state index contributed by atoms with van der Waals surface area (Å²) in [6.45, 7) is 0. The molecule has 0 bridgehead atoms. The monoisotopic (exact) mass is 248 g/mol. The largest absolute Gasteiger partial charge is 2.00 e. The second-order valence-corrected chi connectivity index (χ2v) is 2.16. The van der Waals surface area contributed by atoms with E-state index in [0.717, 1.165) is 0 Å². The van der Waals surface area contributed by atoms with Crippen molar-refractivity contribution in [3.05, 3.63) is 34.3 Å². The van der Waals surface area contributed by atoms with Crippen LogP contribution in [0, 0.1) is 6.07 Å². The minimum atomic E-state index is 0. The van der Waals surface area contributed by atoms with Gasteiger partial charge in [0.25, 0.3) is 0 Å². The molecule has 0 atom stereocenters. The molecule has 50 valence electrons. The Morgan fingerprint density at radius 1 is 1.10 bits per heavy atom. The molecule has 0 aromatic heterocycles. The molecule has 1 aromatic carbocycles. The van der Waals surface area contributed by atoms with Gasteiger partial charge in [0.05, 0.1) is 0 Å². The van der Waals surface area contributed by atoms with E-state index in [-0.39, 0.29) is 40.0 Å². The Kier molecular flexibility index (Phi) is 9.18. The van der Waals surface area contributed by atoms with Gasteiger partial charge in [-0.15, -0.1) is 29.3 Å². The fourth-order valence-corrected chi connectivity index (χ4v) is 0.812. The van der Waals surface area contributed by atoms with E-state index in [4.69, 9.17) is 23.2 Å². The molecule has 0 saturated carbocycles. The van der Waals surface area contributed by atoms with Crippen molar-refractivity contribution in [2.45, 2.75) is 0 Å². The smallest absolute Gasteiger partial charge is 1.00 e. The normalized spacial score (nSPS) is 7.40. The Bertz CT molecular complexity index is 176. The van der Waals surface area contributed by atoms with E-state index in [1.54, 1.807) is 18.2 Å². The van der Waals surface area contributed by atoms with Crippen molar-refractivity contribution in [3.8, 4) is 0 Å². The predicted molar refractivity (Wildman–Crippen MR) is 41.1 cm³/mol. The second-order valence-electron chi connectivity index (χ2n) is 1.35. The molecule has 0 nitrogen and oxygen atoms in total. The van der Waals surface area contributed by atoms with Crippen LogP contribution in [0.5, 0.6) is 0 Å². The summed E-state index contributed by atoms with van der Waals surface area (Å²) in [7, 11) is 0. The third kappa shape index (κ3) is 4.80. The summed E-state index contributed by atoms with van der Waals surface area (Å²) in [5, 5.41) is 1.11. The van der Waals surface area contributed by atoms with Crippen molar-refractivity contribution in [2.75, 3.05) is 0 Å². The fraction of sp³-hybridized carbons (Fsp3) is 0. The quantitative estimate of drug-likeness (QED) is 0.427. The van der Waals surface area contributed by atoms with Gasteiger partial charge in [0.15, 0.2) is 0 Å². The van der Waals surface area contributed by atoms with Crippen LogP contribution in [-0.2, 0) is 0 Å². The van der Waals surface area contributed by atoms with Crippen LogP contribution in [0.15, 0.2) is 18.2 Å². The minimum absolute atomic E-state index is 0. The van der Waals surface area contributed by atoms with Gasteiger partial charge >= 0.3 is 23.1 Å². The van der Waals surface area contributed by atoms with Gasteiger partial charge in [-0.2, -0.15) is 18.2 Å². The maximum absolute atomic E-state index is 5.50. The van der Waals surface area contributed by atoms with Gasteiger partial charge in [-0.05, 0) is 0 Å². The van der Waals surface area contributed by atoms with E-state index in [0.29, 0.717) is 10.0 Å². The van der Waals surface area contributed by atoms with E-state index in [1.165, 1.54) is 0 Å². The molecule has 1 aromatic rings. The molecule has 0 aliphatic rings. The molecule has 1 rings (SSSR count). The first kappa shape index (κ1) is 13.6. The van der Waals surface area contributed by atoms with E-state index in [2.05, 4.69) is 6.07 Å². The summed E-state index contributed by atoms with van der Waals surface area (Å²) in [5.41, 5.74) is 0.